The van der Waals surface area contributed by atoms with Crippen LogP contribution in [0.25, 0.3) is 0 Å². The second-order valence-electron chi connectivity index (χ2n) is 7.00. The predicted octanol–water partition coefficient (Wildman–Crippen LogP) is 3.44. The van der Waals surface area contributed by atoms with Gasteiger partial charge in [0.1, 0.15) is 5.75 Å². The Kier molecular flexibility index (Phi) is 4.32. The van der Waals surface area contributed by atoms with Crippen molar-refractivity contribution in [2.45, 2.75) is 19.2 Å². The molecule has 1 amide bonds. The minimum atomic E-state index is -1.64. The molecule has 1 aliphatic rings. The van der Waals surface area contributed by atoms with Gasteiger partial charge in [0.05, 0.1) is 12.7 Å². The van der Waals surface area contributed by atoms with Crippen LogP contribution < -0.4 is 10.5 Å². The number of benzene rings is 3. The maximum Gasteiger partial charge on any atom is 0.257 e. The maximum absolute atomic E-state index is 13.3. The van der Waals surface area contributed by atoms with Crippen molar-refractivity contribution in [3.63, 3.8) is 0 Å². The number of nitrogens with two attached hydrogens (primary N) is 1. The second-order valence-corrected chi connectivity index (χ2v) is 7.00. The molecule has 0 fully saturated rings. The minimum Gasteiger partial charge on any atom is -0.497 e. The van der Waals surface area contributed by atoms with E-state index < -0.39 is 5.72 Å². The molecule has 3 aromatic rings. The van der Waals surface area contributed by atoms with Crippen molar-refractivity contribution in [3.05, 3.63) is 94.5 Å². The molecule has 1 aliphatic heterocycles. The Morgan fingerprint density at radius 2 is 1.75 bits per heavy atom. The van der Waals surface area contributed by atoms with E-state index in [1.165, 1.54) is 4.90 Å². The van der Waals surface area contributed by atoms with Crippen LogP contribution in [0.5, 0.6) is 5.75 Å². The molecule has 1 heterocycles. The van der Waals surface area contributed by atoms with Gasteiger partial charge in [0.15, 0.2) is 5.72 Å². The molecule has 1 unspecified atom stereocenters. The summed E-state index contributed by atoms with van der Waals surface area (Å²) >= 11 is 0. The van der Waals surface area contributed by atoms with Gasteiger partial charge in [-0.2, -0.15) is 0 Å². The molecule has 5 nitrogen and oxygen atoms in total. The average molecular weight is 374 g/mol. The van der Waals surface area contributed by atoms with Gasteiger partial charge in [-0.3, -0.25) is 9.69 Å². The van der Waals surface area contributed by atoms with Crippen LogP contribution in [0.15, 0.2) is 66.7 Å². The van der Waals surface area contributed by atoms with E-state index in [0.717, 1.165) is 16.9 Å². The van der Waals surface area contributed by atoms with Crippen molar-refractivity contribution in [2.24, 2.45) is 0 Å². The quantitative estimate of drug-likeness (QED) is 0.686. The minimum absolute atomic E-state index is 0.238. The van der Waals surface area contributed by atoms with E-state index >= 15 is 0 Å². The van der Waals surface area contributed by atoms with Crippen molar-refractivity contribution in [3.8, 4) is 5.75 Å². The zero-order valence-corrected chi connectivity index (χ0v) is 15.8. The van der Waals surface area contributed by atoms with Crippen molar-refractivity contribution in [1.29, 1.82) is 0 Å². The van der Waals surface area contributed by atoms with E-state index in [-0.39, 0.29) is 12.5 Å². The maximum atomic E-state index is 13.3. The van der Waals surface area contributed by atoms with Crippen LogP contribution in [0.1, 0.15) is 32.6 Å². The number of amides is 1. The summed E-state index contributed by atoms with van der Waals surface area (Å²) in [6.07, 6.45) is 0. The van der Waals surface area contributed by atoms with Gasteiger partial charge in [-0.25, -0.2) is 0 Å². The lowest BCUT2D eigenvalue weighted by molar-refractivity contribution is -0.0542. The Hall–Kier alpha value is -3.31. The molecule has 0 radical (unpaired) electrons. The zero-order chi connectivity index (χ0) is 19.9. The highest BCUT2D eigenvalue weighted by molar-refractivity contribution is 6.02. The van der Waals surface area contributed by atoms with E-state index in [1.54, 1.807) is 25.3 Å². The third kappa shape index (κ3) is 2.63. The summed E-state index contributed by atoms with van der Waals surface area (Å²) in [5.74, 6) is 0.488. The summed E-state index contributed by atoms with van der Waals surface area (Å²) in [6, 6.07) is 20.1. The molecule has 5 heteroatoms. The molecule has 0 saturated heterocycles. The van der Waals surface area contributed by atoms with Crippen LogP contribution in [0.4, 0.5) is 5.69 Å². The van der Waals surface area contributed by atoms with Gasteiger partial charge in [-0.05, 0) is 42.3 Å². The summed E-state index contributed by atoms with van der Waals surface area (Å²) in [4.78, 5) is 14.7. The van der Waals surface area contributed by atoms with Crippen molar-refractivity contribution >= 4 is 11.6 Å². The number of nitrogen functional groups attached to an aromatic ring is 1. The third-order valence-electron chi connectivity index (χ3n) is 5.33. The first kappa shape index (κ1) is 18.1. The molecule has 0 aromatic heterocycles. The van der Waals surface area contributed by atoms with Crippen LogP contribution in [-0.4, -0.2) is 23.0 Å². The van der Waals surface area contributed by atoms with Crippen LogP contribution in [0.2, 0.25) is 0 Å². The predicted molar refractivity (Wildman–Crippen MR) is 108 cm³/mol. The number of anilines is 1. The van der Waals surface area contributed by atoms with Crippen LogP contribution in [0, 0.1) is 6.92 Å². The van der Waals surface area contributed by atoms with Gasteiger partial charge in [0, 0.05) is 23.4 Å². The van der Waals surface area contributed by atoms with E-state index in [9.17, 15) is 9.90 Å². The van der Waals surface area contributed by atoms with E-state index in [2.05, 4.69) is 0 Å². The van der Waals surface area contributed by atoms with Gasteiger partial charge in [0.25, 0.3) is 5.91 Å². The van der Waals surface area contributed by atoms with Crippen LogP contribution >= 0.6 is 0 Å². The normalized spacial score (nSPS) is 18.2. The number of hydrogen-bond donors (Lipinski definition) is 2. The Balaban J connectivity index is 1.87. The van der Waals surface area contributed by atoms with Gasteiger partial charge in [0.2, 0.25) is 0 Å². The molecular formula is C23H22N2O3. The number of carbonyl (C=O) groups is 1. The lowest BCUT2D eigenvalue weighted by Crippen LogP contribution is -2.45. The largest absolute Gasteiger partial charge is 0.497 e. The number of aliphatic hydroxyl groups is 1. The first-order valence-electron chi connectivity index (χ1n) is 9.09. The fourth-order valence-electron chi connectivity index (χ4n) is 3.91. The van der Waals surface area contributed by atoms with Crippen molar-refractivity contribution in [2.75, 3.05) is 12.8 Å². The number of methoxy groups -OCH3 is 1. The van der Waals surface area contributed by atoms with Crippen LogP contribution in [-0.2, 0) is 12.3 Å². The highest BCUT2D eigenvalue weighted by atomic mass is 16.5. The van der Waals surface area contributed by atoms with E-state index in [0.29, 0.717) is 22.4 Å². The van der Waals surface area contributed by atoms with Gasteiger partial charge in [-0.15, -0.1) is 0 Å². The highest BCUT2D eigenvalue weighted by Crippen LogP contribution is 2.46. The van der Waals surface area contributed by atoms with Gasteiger partial charge >= 0.3 is 0 Å². The van der Waals surface area contributed by atoms with Gasteiger partial charge in [-0.1, -0.05) is 42.5 Å². The summed E-state index contributed by atoms with van der Waals surface area (Å²) in [5, 5.41) is 12.0. The van der Waals surface area contributed by atoms with E-state index in [4.69, 9.17) is 10.5 Å². The highest BCUT2D eigenvalue weighted by Gasteiger charge is 2.51. The monoisotopic (exact) mass is 374 g/mol. The molecule has 1 atom stereocenters. The summed E-state index contributed by atoms with van der Waals surface area (Å²) < 4.78 is 5.21. The Bertz CT molecular complexity index is 1050. The number of ether oxygens (including phenoxy) is 1. The first-order chi connectivity index (χ1) is 13.5. The number of hydrogen-bond acceptors (Lipinski definition) is 4. The Morgan fingerprint density at radius 1 is 1.04 bits per heavy atom. The summed E-state index contributed by atoms with van der Waals surface area (Å²) in [5.41, 5.74) is 8.29. The molecule has 0 spiro atoms. The molecule has 28 heavy (non-hydrogen) atoms. The smallest absolute Gasteiger partial charge is 0.257 e. The molecule has 4 rings (SSSR count). The molecule has 142 valence electrons. The number of nitrogens with zero attached hydrogens (tertiary/aromatic N) is 1. The lowest BCUT2D eigenvalue weighted by atomic mass is 9.89. The Morgan fingerprint density at radius 3 is 2.43 bits per heavy atom. The number of rotatable bonds is 4. The number of carbonyl (C=O) groups excluding carboxylic acids is 1. The van der Waals surface area contributed by atoms with Gasteiger partial charge < -0.3 is 15.6 Å². The Labute approximate surface area is 164 Å². The SMILES string of the molecule is COc1ccc(CN2C(=O)c3cccc(N)c3C2(O)c2ccccc2C)cc1. The van der Waals surface area contributed by atoms with Crippen molar-refractivity contribution < 1.29 is 14.6 Å². The molecule has 3 N–H and O–H groups in total. The zero-order valence-electron chi connectivity index (χ0n) is 15.8. The third-order valence-corrected chi connectivity index (χ3v) is 5.33. The molecule has 0 aliphatic carbocycles. The molecule has 0 bridgehead atoms. The summed E-state index contributed by atoms with van der Waals surface area (Å²) in [7, 11) is 1.61. The first-order valence-corrected chi connectivity index (χ1v) is 9.09. The fraction of sp³-hybridized carbons (Fsp3) is 0.174. The lowest BCUT2D eigenvalue weighted by Gasteiger charge is -2.36. The van der Waals surface area contributed by atoms with E-state index in [1.807, 2.05) is 55.5 Å². The number of aryl methyl sites for hydroxylation is 1. The average Bonchev–Trinajstić information content (AvgIpc) is 2.92. The molecule has 3 aromatic carbocycles. The summed E-state index contributed by atoms with van der Waals surface area (Å²) in [6.45, 7) is 2.16. The fourth-order valence-corrected chi connectivity index (χ4v) is 3.91. The van der Waals surface area contributed by atoms with Crippen molar-refractivity contribution in [1.82, 2.24) is 4.90 Å². The molecular weight excluding hydrogens is 352 g/mol. The number of fused-ring (bicyclic) bond motifs is 1. The topological polar surface area (TPSA) is 75.8 Å². The molecule has 0 saturated carbocycles. The van der Waals surface area contributed by atoms with Crippen LogP contribution in [0.3, 0.4) is 0 Å². The second kappa shape index (κ2) is 6.69. The standard InChI is InChI=1S/C23H22N2O3/c1-15-6-3-4-8-19(15)23(27)21-18(7-5-9-20(21)24)22(26)25(23)14-16-10-12-17(28-2)13-11-16/h3-13,27H,14,24H2,1-2H3.